The van der Waals surface area contributed by atoms with Crippen LogP contribution in [0, 0.1) is 0 Å². The number of carbonyl (C=O) groups is 3. The van der Waals surface area contributed by atoms with Crippen LogP contribution in [0.3, 0.4) is 0 Å². The van der Waals surface area contributed by atoms with Gasteiger partial charge in [-0.05, 0) is 41.5 Å². The molecule has 2 amide bonds. The van der Waals surface area contributed by atoms with E-state index in [2.05, 4.69) is 5.32 Å². The second-order valence-corrected chi connectivity index (χ2v) is 8.57. The maximum atomic E-state index is 12.7. The van der Waals surface area contributed by atoms with Crippen molar-refractivity contribution >= 4 is 18.0 Å². The van der Waals surface area contributed by atoms with E-state index in [1.165, 1.54) is 0 Å². The molecule has 7 nitrogen and oxygen atoms in total. The van der Waals surface area contributed by atoms with Crippen LogP contribution in [-0.4, -0.2) is 47.4 Å². The Kier molecular flexibility index (Phi) is 6.24. The lowest BCUT2D eigenvalue weighted by Crippen LogP contribution is -2.65. The third-order valence-corrected chi connectivity index (χ3v) is 6.37. The van der Waals surface area contributed by atoms with Crippen molar-refractivity contribution in [3.8, 4) is 11.1 Å². The summed E-state index contributed by atoms with van der Waals surface area (Å²) in [7, 11) is 0. The largest absolute Gasteiger partial charge is 0.480 e. The van der Waals surface area contributed by atoms with Gasteiger partial charge in [0, 0.05) is 5.92 Å². The quantitative estimate of drug-likeness (QED) is 0.561. The minimum atomic E-state index is -4.77. The highest BCUT2D eigenvalue weighted by Gasteiger charge is 2.48. The van der Waals surface area contributed by atoms with E-state index in [1.54, 1.807) is 0 Å². The van der Waals surface area contributed by atoms with Crippen LogP contribution in [0.4, 0.5) is 18.0 Å². The number of carbonyl (C=O) groups excluding carboxylic acids is 2. The molecule has 0 radical (unpaired) electrons. The van der Waals surface area contributed by atoms with Gasteiger partial charge in [-0.3, -0.25) is 4.79 Å². The lowest BCUT2D eigenvalue weighted by atomic mass is 9.76. The zero-order valence-corrected chi connectivity index (χ0v) is 18.0. The molecule has 2 aromatic carbocycles. The second-order valence-electron chi connectivity index (χ2n) is 8.57. The standard InChI is InChI=1S/C24H23F3N2O5/c25-24(26,27)12-19(20(30)31)28-21(32)23(10-5-11-23)29-22(33)34-13-18-16-8-3-1-6-14(16)15-7-2-4-9-17(15)18/h1-4,6-9,18-19H,5,10-13H2,(H,28,32)(H,29,33)(H,30,31). The number of carboxylic acids is 1. The highest BCUT2D eigenvalue weighted by atomic mass is 19.4. The Morgan fingerprint density at radius 3 is 2.06 bits per heavy atom. The first-order chi connectivity index (χ1) is 16.1. The first kappa shape index (κ1) is 23.6. The van der Waals surface area contributed by atoms with E-state index in [-0.39, 0.29) is 25.4 Å². The molecule has 1 unspecified atom stereocenters. The van der Waals surface area contributed by atoms with E-state index in [4.69, 9.17) is 9.84 Å². The summed E-state index contributed by atoms with van der Waals surface area (Å²) in [4.78, 5) is 36.4. The number of hydrogen-bond acceptors (Lipinski definition) is 4. The summed E-state index contributed by atoms with van der Waals surface area (Å²) in [6, 6.07) is 13.4. The number of hydrogen-bond donors (Lipinski definition) is 3. The number of carboxylic acid groups (broad SMARTS) is 1. The van der Waals surface area contributed by atoms with Gasteiger partial charge in [0.05, 0.1) is 6.42 Å². The highest BCUT2D eigenvalue weighted by molar-refractivity contribution is 5.93. The molecule has 2 aromatic rings. The van der Waals surface area contributed by atoms with E-state index in [0.29, 0.717) is 6.42 Å². The van der Waals surface area contributed by atoms with Crippen molar-refractivity contribution in [2.24, 2.45) is 0 Å². The smallest absolute Gasteiger partial charge is 0.408 e. The molecule has 10 heteroatoms. The van der Waals surface area contributed by atoms with Gasteiger partial charge in [-0.15, -0.1) is 0 Å². The van der Waals surface area contributed by atoms with Crippen LogP contribution in [-0.2, 0) is 14.3 Å². The summed E-state index contributed by atoms with van der Waals surface area (Å²) >= 11 is 0. The summed E-state index contributed by atoms with van der Waals surface area (Å²) < 4.78 is 43.4. The average molecular weight is 476 g/mol. The summed E-state index contributed by atoms with van der Waals surface area (Å²) in [6.45, 7) is 0.00336. The third-order valence-electron chi connectivity index (χ3n) is 6.37. The van der Waals surface area contributed by atoms with Gasteiger partial charge in [-0.1, -0.05) is 48.5 Å². The molecule has 0 aromatic heterocycles. The molecular formula is C24H23F3N2O5. The van der Waals surface area contributed by atoms with Crippen molar-refractivity contribution < 1.29 is 37.4 Å². The molecule has 4 rings (SSSR count). The topological polar surface area (TPSA) is 105 Å². The molecule has 1 atom stereocenters. The lowest BCUT2D eigenvalue weighted by Gasteiger charge is -2.41. The van der Waals surface area contributed by atoms with Crippen LogP contribution in [0.5, 0.6) is 0 Å². The normalized spacial score (nSPS) is 17.0. The van der Waals surface area contributed by atoms with E-state index in [1.807, 2.05) is 53.8 Å². The number of amides is 2. The monoisotopic (exact) mass is 476 g/mol. The Hall–Kier alpha value is -3.56. The second kappa shape index (κ2) is 9.00. The van der Waals surface area contributed by atoms with Crippen molar-refractivity contribution in [2.75, 3.05) is 6.61 Å². The summed E-state index contributed by atoms with van der Waals surface area (Å²) in [5, 5.41) is 13.4. The number of alkyl carbamates (subject to hydrolysis) is 1. The molecule has 34 heavy (non-hydrogen) atoms. The molecule has 0 heterocycles. The van der Waals surface area contributed by atoms with Crippen molar-refractivity contribution in [1.29, 1.82) is 0 Å². The van der Waals surface area contributed by atoms with Crippen LogP contribution < -0.4 is 10.6 Å². The number of fused-ring (bicyclic) bond motifs is 3. The minimum Gasteiger partial charge on any atom is -0.480 e. The van der Waals surface area contributed by atoms with Crippen LogP contribution in [0.15, 0.2) is 48.5 Å². The van der Waals surface area contributed by atoms with Gasteiger partial charge in [0.2, 0.25) is 5.91 Å². The molecule has 0 spiro atoms. The first-order valence-electron chi connectivity index (χ1n) is 10.8. The van der Waals surface area contributed by atoms with Crippen molar-refractivity contribution in [2.45, 2.75) is 49.4 Å². The molecule has 0 bridgehead atoms. The van der Waals surface area contributed by atoms with Crippen LogP contribution in [0.25, 0.3) is 11.1 Å². The SMILES string of the molecule is O=C(NC1(C(=O)NC(CC(F)(F)F)C(=O)O)CCC1)OCC1c2ccccc2-c2ccccc21. The Labute approximate surface area is 193 Å². The number of rotatable bonds is 7. The van der Waals surface area contributed by atoms with Crippen molar-refractivity contribution in [1.82, 2.24) is 10.6 Å². The molecule has 2 aliphatic carbocycles. The zero-order valence-electron chi connectivity index (χ0n) is 18.0. The van der Waals surface area contributed by atoms with E-state index in [0.717, 1.165) is 22.3 Å². The Bertz CT molecular complexity index is 1070. The maximum absolute atomic E-state index is 12.7. The highest BCUT2D eigenvalue weighted by Crippen LogP contribution is 2.44. The van der Waals surface area contributed by atoms with Gasteiger partial charge >= 0.3 is 18.2 Å². The van der Waals surface area contributed by atoms with Gasteiger partial charge in [0.1, 0.15) is 18.2 Å². The molecule has 3 N–H and O–H groups in total. The summed E-state index contributed by atoms with van der Waals surface area (Å²) in [5.41, 5.74) is 2.60. The number of ether oxygens (including phenoxy) is 1. The predicted octanol–water partition coefficient (Wildman–Crippen LogP) is 3.97. The molecule has 0 aliphatic heterocycles. The molecule has 1 fully saturated rings. The van der Waals surface area contributed by atoms with Gasteiger partial charge in [0.25, 0.3) is 0 Å². The zero-order chi connectivity index (χ0) is 24.5. The van der Waals surface area contributed by atoms with Gasteiger partial charge in [0.15, 0.2) is 0 Å². The Morgan fingerprint density at radius 2 is 1.59 bits per heavy atom. The van der Waals surface area contributed by atoms with Crippen LogP contribution >= 0.6 is 0 Å². The maximum Gasteiger partial charge on any atom is 0.408 e. The van der Waals surface area contributed by atoms with Crippen molar-refractivity contribution in [3.63, 3.8) is 0 Å². The average Bonchev–Trinajstić information content (AvgIpc) is 3.07. The fourth-order valence-electron chi connectivity index (χ4n) is 4.50. The fraction of sp³-hybridized carbons (Fsp3) is 0.375. The third kappa shape index (κ3) is 4.71. The minimum absolute atomic E-state index is 0.00336. The van der Waals surface area contributed by atoms with E-state index >= 15 is 0 Å². The molecular weight excluding hydrogens is 453 g/mol. The molecule has 180 valence electrons. The van der Waals surface area contributed by atoms with Gasteiger partial charge < -0.3 is 20.5 Å². The number of nitrogens with one attached hydrogen (secondary N) is 2. The van der Waals surface area contributed by atoms with Gasteiger partial charge in [-0.25, -0.2) is 9.59 Å². The molecule has 2 aliphatic rings. The first-order valence-corrected chi connectivity index (χ1v) is 10.8. The fourth-order valence-corrected chi connectivity index (χ4v) is 4.50. The van der Waals surface area contributed by atoms with Crippen molar-refractivity contribution in [3.05, 3.63) is 59.7 Å². The molecule has 0 saturated heterocycles. The predicted molar refractivity (Wildman–Crippen MR) is 115 cm³/mol. The number of aliphatic carboxylic acids is 1. The van der Waals surface area contributed by atoms with E-state index < -0.39 is 42.1 Å². The Morgan fingerprint density at radius 1 is 1.03 bits per heavy atom. The molecule has 1 saturated carbocycles. The van der Waals surface area contributed by atoms with Gasteiger partial charge in [-0.2, -0.15) is 13.2 Å². The van der Waals surface area contributed by atoms with Crippen LogP contribution in [0.1, 0.15) is 42.7 Å². The van der Waals surface area contributed by atoms with E-state index in [9.17, 15) is 27.6 Å². The number of halogens is 3. The van der Waals surface area contributed by atoms with Crippen LogP contribution in [0.2, 0.25) is 0 Å². The number of alkyl halides is 3. The summed E-state index contributed by atoms with van der Waals surface area (Å²) in [5.74, 6) is -2.97. The number of benzene rings is 2. The summed E-state index contributed by atoms with van der Waals surface area (Å²) in [6.07, 6.45) is -6.49. The Balaban J connectivity index is 1.41. The lowest BCUT2D eigenvalue weighted by molar-refractivity contribution is -0.161.